The summed E-state index contributed by atoms with van der Waals surface area (Å²) in [5.74, 6) is 0. The molecule has 0 heterocycles. The molecule has 128 valence electrons. The van der Waals surface area contributed by atoms with Gasteiger partial charge in [-0.05, 0) is 51.8 Å². The van der Waals surface area contributed by atoms with Crippen molar-refractivity contribution in [3.8, 4) is 0 Å². The molecule has 23 heavy (non-hydrogen) atoms. The number of hydrogen-bond donors (Lipinski definition) is 3. The van der Waals surface area contributed by atoms with E-state index in [1.807, 2.05) is 30.3 Å². The van der Waals surface area contributed by atoms with E-state index in [4.69, 9.17) is 5.11 Å². The molecule has 0 bridgehead atoms. The Morgan fingerprint density at radius 3 is 2.65 bits per heavy atom. The number of nitrogens with zero attached hydrogens (tertiary/aromatic N) is 1. The Balaban J connectivity index is 1.88. The fraction of sp³-hybridized carbons (Fsp3) is 0.611. The van der Waals surface area contributed by atoms with Crippen LogP contribution in [-0.4, -0.2) is 48.8 Å². The van der Waals surface area contributed by atoms with E-state index in [1.54, 1.807) is 0 Å². The van der Waals surface area contributed by atoms with Crippen LogP contribution in [0.2, 0.25) is 0 Å². The summed E-state index contributed by atoms with van der Waals surface area (Å²) >= 11 is 0. The lowest BCUT2D eigenvalue weighted by molar-refractivity contribution is 0.228. The van der Waals surface area contributed by atoms with Gasteiger partial charge in [-0.15, -0.1) is 0 Å². The summed E-state index contributed by atoms with van der Waals surface area (Å²) in [4.78, 5) is 14.6. The third-order valence-corrected chi connectivity index (χ3v) is 4.63. The number of nitrogens with one attached hydrogen (secondary N) is 2. The number of carbonyl (C=O) groups is 1. The molecule has 3 unspecified atom stereocenters. The molecule has 0 spiro atoms. The number of urea groups is 1. The lowest BCUT2D eigenvalue weighted by Crippen LogP contribution is -2.43. The van der Waals surface area contributed by atoms with Crippen LogP contribution in [-0.2, 0) is 0 Å². The van der Waals surface area contributed by atoms with Crippen LogP contribution in [0.25, 0.3) is 0 Å². The van der Waals surface area contributed by atoms with Crippen molar-refractivity contribution in [1.82, 2.24) is 15.5 Å². The Morgan fingerprint density at radius 1 is 1.30 bits per heavy atom. The third kappa shape index (κ3) is 5.52. The van der Waals surface area contributed by atoms with Gasteiger partial charge in [0.1, 0.15) is 0 Å². The normalized spacial score (nSPS) is 22.1. The van der Waals surface area contributed by atoms with E-state index >= 15 is 0 Å². The van der Waals surface area contributed by atoms with Gasteiger partial charge in [-0.3, -0.25) is 0 Å². The molecular weight excluding hydrogens is 290 g/mol. The fourth-order valence-electron chi connectivity index (χ4n) is 3.25. The predicted octanol–water partition coefficient (Wildman–Crippen LogP) is 2.28. The number of amides is 2. The molecule has 0 radical (unpaired) electrons. The highest BCUT2D eigenvalue weighted by molar-refractivity contribution is 5.74. The molecule has 2 rings (SSSR count). The summed E-state index contributed by atoms with van der Waals surface area (Å²) in [6, 6.07) is 10.6. The minimum Gasteiger partial charge on any atom is -0.396 e. The first-order valence-electron chi connectivity index (χ1n) is 8.49. The maximum atomic E-state index is 12.3. The van der Waals surface area contributed by atoms with Crippen molar-refractivity contribution in [3.63, 3.8) is 0 Å². The van der Waals surface area contributed by atoms with Crippen LogP contribution in [0.3, 0.4) is 0 Å². The molecule has 0 aliphatic heterocycles. The first-order valence-corrected chi connectivity index (χ1v) is 8.49. The molecular formula is C18H29N3O2. The van der Waals surface area contributed by atoms with Gasteiger partial charge in [-0.25, -0.2) is 4.79 Å². The lowest BCUT2D eigenvalue weighted by atomic mass is 10.0. The zero-order chi connectivity index (χ0) is 16.7. The highest BCUT2D eigenvalue weighted by Gasteiger charge is 2.27. The molecule has 1 aliphatic carbocycles. The van der Waals surface area contributed by atoms with Gasteiger partial charge in [0, 0.05) is 18.7 Å². The van der Waals surface area contributed by atoms with Crippen LogP contribution in [0.1, 0.15) is 43.7 Å². The number of aliphatic hydroxyl groups excluding tert-OH is 1. The molecule has 1 aromatic rings. The Morgan fingerprint density at radius 2 is 2.04 bits per heavy atom. The average molecular weight is 319 g/mol. The van der Waals surface area contributed by atoms with Crippen LogP contribution >= 0.6 is 0 Å². The second-order valence-corrected chi connectivity index (χ2v) is 6.57. The molecule has 1 fully saturated rings. The van der Waals surface area contributed by atoms with E-state index < -0.39 is 0 Å². The molecule has 3 N–H and O–H groups in total. The average Bonchev–Trinajstić information content (AvgIpc) is 3.01. The maximum Gasteiger partial charge on any atom is 0.315 e. The smallest absolute Gasteiger partial charge is 0.315 e. The van der Waals surface area contributed by atoms with E-state index in [1.165, 1.54) is 0 Å². The van der Waals surface area contributed by atoms with Crippen molar-refractivity contribution < 1.29 is 9.90 Å². The van der Waals surface area contributed by atoms with E-state index in [0.29, 0.717) is 12.5 Å². The molecule has 2 amide bonds. The van der Waals surface area contributed by atoms with Crippen molar-refractivity contribution in [2.75, 3.05) is 20.7 Å². The zero-order valence-electron chi connectivity index (χ0n) is 14.2. The summed E-state index contributed by atoms with van der Waals surface area (Å²) < 4.78 is 0. The molecule has 0 aromatic heterocycles. The monoisotopic (exact) mass is 319 g/mol. The topological polar surface area (TPSA) is 64.6 Å². The Bertz CT molecular complexity index is 478. The SMILES string of the molecule is CN(C)C1CCC(NC(=O)NC(CCCO)c2ccccc2)C1. The Labute approximate surface area is 139 Å². The number of aliphatic hydroxyl groups is 1. The minimum absolute atomic E-state index is 0.0607. The third-order valence-electron chi connectivity index (χ3n) is 4.63. The number of hydrogen-bond acceptors (Lipinski definition) is 3. The van der Waals surface area contributed by atoms with Gasteiger partial charge in [0.25, 0.3) is 0 Å². The van der Waals surface area contributed by atoms with Gasteiger partial charge in [0.15, 0.2) is 0 Å². The summed E-state index contributed by atoms with van der Waals surface area (Å²) in [6.45, 7) is 0.139. The van der Waals surface area contributed by atoms with Crippen molar-refractivity contribution >= 4 is 6.03 Å². The van der Waals surface area contributed by atoms with Crippen molar-refractivity contribution in [2.24, 2.45) is 0 Å². The quantitative estimate of drug-likeness (QED) is 0.722. The molecule has 3 atom stereocenters. The van der Waals surface area contributed by atoms with Crippen LogP contribution in [0, 0.1) is 0 Å². The van der Waals surface area contributed by atoms with Gasteiger partial charge in [-0.1, -0.05) is 30.3 Å². The summed E-state index contributed by atoms with van der Waals surface area (Å²) in [6.07, 6.45) is 4.57. The van der Waals surface area contributed by atoms with Crippen LogP contribution in [0.15, 0.2) is 30.3 Å². The van der Waals surface area contributed by atoms with Crippen LogP contribution in [0.4, 0.5) is 4.79 Å². The van der Waals surface area contributed by atoms with Crippen molar-refractivity contribution in [2.45, 2.75) is 50.2 Å². The first-order chi connectivity index (χ1) is 11.1. The molecule has 0 saturated heterocycles. The highest BCUT2D eigenvalue weighted by atomic mass is 16.3. The maximum absolute atomic E-state index is 12.3. The van der Waals surface area contributed by atoms with Crippen LogP contribution in [0.5, 0.6) is 0 Å². The zero-order valence-corrected chi connectivity index (χ0v) is 14.2. The standard InChI is InChI=1S/C18H29N3O2/c1-21(2)16-11-10-15(13-16)19-18(23)20-17(9-6-12-22)14-7-4-3-5-8-14/h3-5,7-8,15-17,22H,6,9-13H2,1-2H3,(H2,19,20,23). The Hall–Kier alpha value is -1.59. The summed E-state index contributed by atoms with van der Waals surface area (Å²) in [5, 5.41) is 15.2. The molecule has 1 aromatic carbocycles. The molecule has 1 aliphatic rings. The minimum atomic E-state index is -0.110. The van der Waals surface area contributed by atoms with E-state index in [0.717, 1.165) is 31.2 Å². The van der Waals surface area contributed by atoms with Gasteiger partial charge in [-0.2, -0.15) is 0 Å². The van der Waals surface area contributed by atoms with E-state index in [9.17, 15) is 4.79 Å². The van der Waals surface area contributed by atoms with Crippen LogP contribution < -0.4 is 10.6 Å². The fourth-order valence-corrected chi connectivity index (χ4v) is 3.25. The summed E-state index contributed by atoms with van der Waals surface area (Å²) in [5.41, 5.74) is 1.08. The molecule has 5 nitrogen and oxygen atoms in total. The molecule has 1 saturated carbocycles. The van der Waals surface area contributed by atoms with Gasteiger partial charge in [0.05, 0.1) is 6.04 Å². The summed E-state index contributed by atoms with van der Waals surface area (Å²) in [7, 11) is 4.18. The van der Waals surface area contributed by atoms with Gasteiger partial charge >= 0.3 is 6.03 Å². The van der Waals surface area contributed by atoms with Crippen molar-refractivity contribution in [3.05, 3.63) is 35.9 Å². The van der Waals surface area contributed by atoms with Gasteiger partial charge < -0.3 is 20.6 Å². The number of rotatable bonds is 7. The van der Waals surface area contributed by atoms with E-state index in [2.05, 4.69) is 29.6 Å². The first kappa shape index (κ1) is 17.8. The van der Waals surface area contributed by atoms with Gasteiger partial charge in [0.2, 0.25) is 0 Å². The number of carbonyl (C=O) groups excluding carboxylic acids is 1. The van der Waals surface area contributed by atoms with Crippen molar-refractivity contribution in [1.29, 1.82) is 0 Å². The predicted molar refractivity (Wildman–Crippen MR) is 92.3 cm³/mol. The molecule has 5 heteroatoms. The largest absolute Gasteiger partial charge is 0.396 e. The van der Waals surface area contributed by atoms with E-state index in [-0.39, 0.29) is 24.7 Å². The second kappa shape index (κ2) is 8.89. The number of benzene rings is 1. The Kier molecular flexibility index (Phi) is 6.86. The highest BCUT2D eigenvalue weighted by Crippen LogP contribution is 2.23. The second-order valence-electron chi connectivity index (χ2n) is 6.57. The lowest BCUT2D eigenvalue weighted by Gasteiger charge is -2.22.